The molecule has 0 unspecified atom stereocenters. The number of likely N-dealkylation sites (tertiary alicyclic amines) is 1. The molecule has 5 nitrogen and oxygen atoms in total. The van der Waals surface area contributed by atoms with E-state index in [1.807, 2.05) is 37.3 Å². The van der Waals surface area contributed by atoms with Crippen molar-refractivity contribution in [2.45, 2.75) is 39.0 Å². The van der Waals surface area contributed by atoms with Crippen LogP contribution in [0.5, 0.6) is 0 Å². The van der Waals surface area contributed by atoms with Gasteiger partial charge in [-0.1, -0.05) is 56.3 Å². The maximum Gasteiger partial charge on any atom is 0.248 e. The SMILES string of the molecule is CCNC(=O)[C@@H](Cc1ccccc1)CN1CC[C@@](C)(c2cccc(C(N)=O)c2)[C@@H](C)C1. The molecule has 1 heterocycles. The van der Waals surface area contributed by atoms with E-state index < -0.39 is 0 Å². The van der Waals surface area contributed by atoms with Crippen molar-refractivity contribution in [3.8, 4) is 0 Å². The lowest BCUT2D eigenvalue weighted by Crippen LogP contribution is -2.50. The minimum Gasteiger partial charge on any atom is -0.366 e. The molecule has 0 aliphatic carbocycles. The van der Waals surface area contributed by atoms with Crippen molar-refractivity contribution in [2.24, 2.45) is 17.6 Å². The van der Waals surface area contributed by atoms with Gasteiger partial charge in [0.15, 0.2) is 0 Å². The molecule has 31 heavy (non-hydrogen) atoms. The fraction of sp³-hybridized carbons (Fsp3) is 0.462. The zero-order valence-corrected chi connectivity index (χ0v) is 18.9. The highest BCUT2D eigenvalue weighted by Gasteiger charge is 2.39. The van der Waals surface area contributed by atoms with Crippen molar-refractivity contribution < 1.29 is 9.59 Å². The maximum atomic E-state index is 12.8. The molecule has 166 valence electrons. The van der Waals surface area contributed by atoms with Gasteiger partial charge in [0.25, 0.3) is 0 Å². The lowest BCUT2D eigenvalue weighted by Gasteiger charge is -2.46. The molecule has 2 aromatic rings. The minimum atomic E-state index is -0.388. The Hall–Kier alpha value is -2.66. The second kappa shape index (κ2) is 10.1. The number of hydrogen-bond acceptors (Lipinski definition) is 3. The van der Waals surface area contributed by atoms with E-state index in [2.05, 4.69) is 42.3 Å². The number of nitrogens with one attached hydrogen (secondary N) is 1. The van der Waals surface area contributed by atoms with Crippen LogP contribution in [0.3, 0.4) is 0 Å². The van der Waals surface area contributed by atoms with Crippen LogP contribution in [-0.4, -0.2) is 42.9 Å². The predicted octanol–water partition coefficient (Wildman–Crippen LogP) is 3.38. The van der Waals surface area contributed by atoms with E-state index in [1.54, 1.807) is 6.07 Å². The number of nitrogens with two attached hydrogens (primary N) is 1. The summed E-state index contributed by atoms with van der Waals surface area (Å²) >= 11 is 0. The molecule has 3 N–H and O–H groups in total. The highest BCUT2D eigenvalue weighted by Crippen LogP contribution is 2.39. The average molecular weight is 422 g/mol. The summed E-state index contributed by atoms with van der Waals surface area (Å²) in [6.45, 7) is 9.75. The van der Waals surface area contributed by atoms with Crippen molar-refractivity contribution in [1.29, 1.82) is 0 Å². The number of nitrogens with zero attached hydrogens (tertiary/aromatic N) is 1. The van der Waals surface area contributed by atoms with Crippen molar-refractivity contribution in [3.05, 3.63) is 71.3 Å². The van der Waals surface area contributed by atoms with Crippen molar-refractivity contribution in [1.82, 2.24) is 10.2 Å². The van der Waals surface area contributed by atoms with Gasteiger partial charge in [0.1, 0.15) is 0 Å². The lowest BCUT2D eigenvalue weighted by molar-refractivity contribution is -0.125. The van der Waals surface area contributed by atoms with Crippen molar-refractivity contribution >= 4 is 11.8 Å². The molecule has 1 saturated heterocycles. The summed E-state index contributed by atoms with van der Waals surface area (Å²) in [5.74, 6) is 0.0517. The lowest BCUT2D eigenvalue weighted by atomic mass is 9.67. The van der Waals surface area contributed by atoms with Crippen molar-refractivity contribution in [2.75, 3.05) is 26.2 Å². The van der Waals surface area contributed by atoms with E-state index in [4.69, 9.17) is 5.73 Å². The van der Waals surface area contributed by atoms with Gasteiger partial charge < -0.3 is 16.0 Å². The van der Waals surface area contributed by atoms with Gasteiger partial charge in [0.2, 0.25) is 11.8 Å². The zero-order chi connectivity index (χ0) is 22.4. The molecule has 3 atom stereocenters. The summed E-state index contributed by atoms with van der Waals surface area (Å²) in [7, 11) is 0. The van der Waals surface area contributed by atoms with Crippen LogP contribution in [0.25, 0.3) is 0 Å². The smallest absolute Gasteiger partial charge is 0.248 e. The standard InChI is InChI=1S/C26H35N3O2/c1-4-28-25(31)22(15-20-9-6-5-7-10-20)18-29-14-13-26(3,19(2)17-29)23-12-8-11-21(16-23)24(27)30/h5-12,16,19,22H,4,13-15,17-18H2,1-3H3,(H2,27,30)(H,28,31)/t19-,22-,26+/m0/s1. The molecule has 2 aromatic carbocycles. The summed E-state index contributed by atoms with van der Waals surface area (Å²) in [6.07, 6.45) is 1.72. The molecule has 0 radical (unpaired) electrons. The number of piperidine rings is 1. The Kier molecular flexibility index (Phi) is 7.50. The van der Waals surface area contributed by atoms with E-state index in [0.717, 1.165) is 32.5 Å². The Balaban J connectivity index is 1.71. The molecule has 1 fully saturated rings. The highest BCUT2D eigenvalue weighted by molar-refractivity contribution is 5.93. The van der Waals surface area contributed by atoms with Crippen LogP contribution in [-0.2, 0) is 16.6 Å². The van der Waals surface area contributed by atoms with E-state index in [0.29, 0.717) is 18.0 Å². The van der Waals surface area contributed by atoms with Gasteiger partial charge in [-0.25, -0.2) is 0 Å². The molecule has 3 rings (SSSR count). The monoisotopic (exact) mass is 421 g/mol. The molecule has 0 aromatic heterocycles. The Morgan fingerprint density at radius 2 is 1.94 bits per heavy atom. The summed E-state index contributed by atoms with van der Waals surface area (Å²) in [6, 6.07) is 18.0. The first-order valence-electron chi connectivity index (χ1n) is 11.3. The topological polar surface area (TPSA) is 75.4 Å². The van der Waals surface area contributed by atoms with Crippen LogP contribution < -0.4 is 11.1 Å². The fourth-order valence-corrected chi connectivity index (χ4v) is 4.71. The molecule has 0 spiro atoms. The van der Waals surface area contributed by atoms with Crippen LogP contribution in [0.2, 0.25) is 0 Å². The number of hydrogen-bond donors (Lipinski definition) is 2. The average Bonchev–Trinajstić information content (AvgIpc) is 2.77. The predicted molar refractivity (Wildman–Crippen MR) is 125 cm³/mol. The summed E-state index contributed by atoms with van der Waals surface area (Å²) < 4.78 is 0. The number of amides is 2. The molecule has 0 bridgehead atoms. The largest absolute Gasteiger partial charge is 0.366 e. The van der Waals surface area contributed by atoms with Crippen LogP contribution in [0.15, 0.2) is 54.6 Å². The molecule has 2 amide bonds. The minimum absolute atomic E-state index is 0.0252. The van der Waals surface area contributed by atoms with Crippen LogP contribution in [0.1, 0.15) is 48.7 Å². The molecule has 0 saturated carbocycles. The summed E-state index contributed by atoms with van der Waals surface area (Å²) in [4.78, 5) is 26.8. The second-order valence-electron chi connectivity index (χ2n) is 9.05. The number of benzene rings is 2. The van der Waals surface area contributed by atoms with Crippen LogP contribution in [0, 0.1) is 11.8 Å². The van der Waals surface area contributed by atoms with E-state index in [9.17, 15) is 9.59 Å². The Morgan fingerprint density at radius 1 is 1.19 bits per heavy atom. The number of primary amides is 1. The number of rotatable bonds is 8. The van der Waals surface area contributed by atoms with E-state index >= 15 is 0 Å². The van der Waals surface area contributed by atoms with Gasteiger partial charge in [-0.2, -0.15) is 0 Å². The van der Waals surface area contributed by atoms with E-state index in [1.165, 1.54) is 11.1 Å². The third-order valence-electron chi connectivity index (χ3n) is 6.90. The molecule has 1 aliphatic heterocycles. The summed E-state index contributed by atoms with van der Waals surface area (Å²) in [5.41, 5.74) is 8.39. The van der Waals surface area contributed by atoms with Crippen molar-refractivity contribution in [3.63, 3.8) is 0 Å². The fourth-order valence-electron chi connectivity index (χ4n) is 4.71. The molecule has 1 aliphatic rings. The Bertz CT molecular complexity index is 899. The third kappa shape index (κ3) is 5.53. The molecule has 5 heteroatoms. The highest BCUT2D eigenvalue weighted by atomic mass is 16.2. The zero-order valence-electron chi connectivity index (χ0n) is 18.9. The van der Waals surface area contributed by atoms with Gasteiger partial charge >= 0.3 is 0 Å². The first-order chi connectivity index (χ1) is 14.8. The van der Waals surface area contributed by atoms with Gasteiger partial charge in [-0.05, 0) is 60.9 Å². The number of carbonyl (C=O) groups excluding carboxylic acids is 2. The Morgan fingerprint density at radius 3 is 2.58 bits per heavy atom. The van der Waals surface area contributed by atoms with Crippen LogP contribution >= 0.6 is 0 Å². The van der Waals surface area contributed by atoms with E-state index in [-0.39, 0.29) is 23.1 Å². The first-order valence-corrected chi connectivity index (χ1v) is 11.3. The van der Waals surface area contributed by atoms with Gasteiger partial charge in [0.05, 0.1) is 5.92 Å². The molecular weight excluding hydrogens is 386 g/mol. The summed E-state index contributed by atoms with van der Waals surface area (Å²) in [5, 5.41) is 3.02. The normalized spacial score (nSPS) is 22.6. The maximum absolute atomic E-state index is 12.8. The van der Waals surface area contributed by atoms with Gasteiger partial charge in [-0.15, -0.1) is 0 Å². The quantitative estimate of drug-likeness (QED) is 0.686. The second-order valence-corrected chi connectivity index (χ2v) is 9.05. The first kappa shape index (κ1) is 23.0. The number of carbonyl (C=O) groups is 2. The van der Waals surface area contributed by atoms with Gasteiger partial charge in [-0.3, -0.25) is 9.59 Å². The third-order valence-corrected chi connectivity index (χ3v) is 6.90. The van der Waals surface area contributed by atoms with Gasteiger partial charge in [0, 0.05) is 25.2 Å². The Labute approximate surface area is 186 Å². The van der Waals surface area contributed by atoms with Crippen LogP contribution in [0.4, 0.5) is 0 Å². The molecular formula is C26H35N3O2.